The zero-order chi connectivity index (χ0) is 15.8. The van der Waals surface area contributed by atoms with Crippen molar-refractivity contribution >= 4 is 5.97 Å². The van der Waals surface area contributed by atoms with Gasteiger partial charge in [0.25, 0.3) is 0 Å². The number of hydrogen-bond acceptors (Lipinski definition) is 3. The topological polar surface area (TPSA) is 55.8 Å². The fourth-order valence-electron chi connectivity index (χ4n) is 1.96. The summed E-state index contributed by atoms with van der Waals surface area (Å²) in [6, 6.07) is 14.6. The molecule has 0 saturated heterocycles. The van der Waals surface area contributed by atoms with Gasteiger partial charge in [-0.05, 0) is 24.1 Å². The molecule has 22 heavy (non-hydrogen) atoms. The van der Waals surface area contributed by atoms with Crippen molar-refractivity contribution in [2.45, 2.75) is 26.4 Å². The Balaban J connectivity index is 2.08. The minimum atomic E-state index is -0.999. The van der Waals surface area contributed by atoms with Gasteiger partial charge in [-0.2, -0.15) is 0 Å². The van der Waals surface area contributed by atoms with Crippen molar-refractivity contribution in [2.24, 2.45) is 0 Å². The van der Waals surface area contributed by atoms with Gasteiger partial charge in [0.1, 0.15) is 23.7 Å². The molecule has 0 heterocycles. The van der Waals surface area contributed by atoms with Crippen LogP contribution in [0.15, 0.2) is 48.5 Å². The molecule has 0 fully saturated rings. The lowest BCUT2D eigenvalue weighted by Gasteiger charge is -2.12. The first-order valence-corrected chi connectivity index (χ1v) is 7.37. The highest BCUT2D eigenvalue weighted by Gasteiger charge is 2.12. The molecular formula is C18H20O4. The molecule has 0 aromatic heterocycles. The summed E-state index contributed by atoms with van der Waals surface area (Å²) in [4.78, 5) is 11.2. The van der Waals surface area contributed by atoms with E-state index in [2.05, 4.69) is 6.92 Å². The van der Waals surface area contributed by atoms with E-state index in [0.29, 0.717) is 24.7 Å². The molecule has 4 heteroatoms. The highest BCUT2D eigenvalue weighted by atomic mass is 16.5. The van der Waals surface area contributed by atoms with Crippen LogP contribution >= 0.6 is 0 Å². The second-order valence-electron chi connectivity index (χ2n) is 4.94. The normalized spacial score (nSPS) is 10.2. The lowest BCUT2D eigenvalue weighted by Crippen LogP contribution is -2.05. The fourth-order valence-corrected chi connectivity index (χ4v) is 1.96. The molecule has 2 aromatic rings. The number of benzene rings is 2. The summed E-state index contributed by atoms with van der Waals surface area (Å²) in [6.07, 6.45) is 1.88. The van der Waals surface area contributed by atoms with Crippen LogP contribution in [0.1, 0.15) is 35.7 Å². The van der Waals surface area contributed by atoms with E-state index in [1.54, 1.807) is 12.1 Å². The maximum Gasteiger partial charge on any atom is 0.339 e. The van der Waals surface area contributed by atoms with E-state index < -0.39 is 5.97 Å². The van der Waals surface area contributed by atoms with Crippen LogP contribution in [-0.4, -0.2) is 17.7 Å². The second kappa shape index (κ2) is 8.08. The Morgan fingerprint density at radius 1 is 1.09 bits per heavy atom. The Labute approximate surface area is 130 Å². The van der Waals surface area contributed by atoms with Crippen molar-refractivity contribution in [3.8, 4) is 11.5 Å². The zero-order valence-electron chi connectivity index (χ0n) is 12.6. The first kappa shape index (κ1) is 15.9. The van der Waals surface area contributed by atoms with Gasteiger partial charge in [0.05, 0.1) is 6.61 Å². The highest BCUT2D eigenvalue weighted by Crippen LogP contribution is 2.26. The van der Waals surface area contributed by atoms with Crippen LogP contribution in [0.3, 0.4) is 0 Å². The standard InChI is InChI=1S/C18H20O4/c1-2-3-11-21-17-12-15(9-10-16(17)18(19)20)22-13-14-7-5-4-6-8-14/h4-10,12H,2-3,11,13H2,1H3,(H,19,20). The second-order valence-corrected chi connectivity index (χ2v) is 4.94. The molecular weight excluding hydrogens is 280 g/mol. The Morgan fingerprint density at radius 3 is 2.55 bits per heavy atom. The van der Waals surface area contributed by atoms with Gasteiger partial charge in [0, 0.05) is 6.07 Å². The summed E-state index contributed by atoms with van der Waals surface area (Å²) in [5.74, 6) is -0.0482. The quantitative estimate of drug-likeness (QED) is 0.744. The maximum atomic E-state index is 11.2. The fraction of sp³-hybridized carbons (Fsp3) is 0.278. The molecule has 0 bridgehead atoms. The summed E-state index contributed by atoms with van der Waals surface area (Å²) < 4.78 is 11.3. The van der Waals surface area contributed by atoms with Gasteiger partial charge in [-0.25, -0.2) is 4.79 Å². The van der Waals surface area contributed by atoms with Gasteiger partial charge in [0.2, 0.25) is 0 Å². The molecule has 2 aromatic carbocycles. The van der Waals surface area contributed by atoms with Gasteiger partial charge in [0.15, 0.2) is 0 Å². The number of unbranched alkanes of at least 4 members (excludes halogenated alkanes) is 1. The molecule has 0 aliphatic heterocycles. The number of rotatable bonds is 8. The number of carbonyl (C=O) groups is 1. The minimum absolute atomic E-state index is 0.156. The first-order valence-electron chi connectivity index (χ1n) is 7.37. The summed E-state index contributed by atoms with van der Waals surface area (Å²) in [5.41, 5.74) is 1.21. The Kier molecular flexibility index (Phi) is 5.83. The molecule has 0 spiro atoms. The van der Waals surface area contributed by atoms with Crippen LogP contribution in [0.25, 0.3) is 0 Å². The third kappa shape index (κ3) is 4.52. The van der Waals surface area contributed by atoms with E-state index in [0.717, 1.165) is 18.4 Å². The molecule has 0 atom stereocenters. The van der Waals surface area contributed by atoms with Crippen LogP contribution in [0.4, 0.5) is 0 Å². The largest absolute Gasteiger partial charge is 0.493 e. The van der Waals surface area contributed by atoms with E-state index >= 15 is 0 Å². The van der Waals surface area contributed by atoms with Gasteiger partial charge < -0.3 is 14.6 Å². The van der Waals surface area contributed by atoms with E-state index in [4.69, 9.17) is 9.47 Å². The first-order chi connectivity index (χ1) is 10.7. The molecule has 1 N–H and O–H groups in total. The molecule has 0 amide bonds. The van der Waals surface area contributed by atoms with Crippen molar-refractivity contribution in [3.05, 3.63) is 59.7 Å². The zero-order valence-corrected chi connectivity index (χ0v) is 12.6. The third-order valence-corrected chi connectivity index (χ3v) is 3.19. The number of carboxylic acid groups (broad SMARTS) is 1. The smallest absolute Gasteiger partial charge is 0.339 e. The summed E-state index contributed by atoms with van der Waals surface area (Å²) in [5, 5.41) is 9.20. The van der Waals surface area contributed by atoms with Crippen molar-refractivity contribution in [1.29, 1.82) is 0 Å². The van der Waals surface area contributed by atoms with Gasteiger partial charge in [-0.3, -0.25) is 0 Å². The lowest BCUT2D eigenvalue weighted by molar-refractivity contribution is 0.0692. The predicted molar refractivity (Wildman–Crippen MR) is 84.6 cm³/mol. The summed E-state index contributed by atoms with van der Waals surface area (Å²) in [7, 11) is 0. The monoisotopic (exact) mass is 300 g/mol. The lowest BCUT2D eigenvalue weighted by atomic mass is 10.2. The Bertz CT molecular complexity index is 608. The van der Waals surface area contributed by atoms with Crippen LogP contribution in [0.5, 0.6) is 11.5 Å². The molecule has 0 aliphatic rings. The predicted octanol–water partition coefficient (Wildman–Crippen LogP) is 4.14. The maximum absolute atomic E-state index is 11.2. The van der Waals surface area contributed by atoms with E-state index in [-0.39, 0.29) is 5.56 Å². The molecule has 0 radical (unpaired) electrons. The van der Waals surface area contributed by atoms with E-state index in [9.17, 15) is 9.90 Å². The summed E-state index contributed by atoms with van der Waals surface area (Å²) in [6.45, 7) is 2.99. The average molecular weight is 300 g/mol. The highest BCUT2D eigenvalue weighted by molar-refractivity contribution is 5.91. The summed E-state index contributed by atoms with van der Waals surface area (Å²) >= 11 is 0. The van der Waals surface area contributed by atoms with Crippen LogP contribution < -0.4 is 9.47 Å². The van der Waals surface area contributed by atoms with Crippen LogP contribution in [-0.2, 0) is 6.61 Å². The third-order valence-electron chi connectivity index (χ3n) is 3.19. The molecule has 4 nitrogen and oxygen atoms in total. The Hall–Kier alpha value is -2.49. The average Bonchev–Trinajstić information content (AvgIpc) is 2.54. The molecule has 0 saturated carbocycles. The minimum Gasteiger partial charge on any atom is -0.493 e. The number of hydrogen-bond donors (Lipinski definition) is 1. The van der Waals surface area contributed by atoms with Crippen LogP contribution in [0.2, 0.25) is 0 Å². The number of carboxylic acids is 1. The van der Waals surface area contributed by atoms with Crippen molar-refractivity contribution in [3.63, 3.8) is 0 Å². The molecule has 0 aliphatic carbocycles. The molecule has 116 valence electrons. The van der Waals surface area contributed by atoms with Crippen LogP contribution in [0, 0.1) is 0 Å². The number of aromatic carboxylic acids is 1. The van der Waals surface area contributed by atoms with Crippen molar-refractivity contribution < 1.29 is 19.4 Å². The number of ether oxygens (including phenoxy) is 2. The van der Waals surface area contributed by atoms with Gasteiger partial charge in [-0.1, -0.05) is 43.7 Å². The van der Waals surface area contributed by atoms with Gasteiger partial charge >= 0.3 is 5.97 Å². The van der Waals surface area contributed by atoms with Gasteiger partial charge in [-0.15, -0.1) is 0 Å². The van der Waals surface area contributed by atoms with Crippen molar-refractivity contribution in [2.75, 3.05) is 6.61 Å². The van der Waals surface area contributed by atoms with E-state index in [1.807, 2.05) is 30.3 Å². The Morgan fingerprint density at radius 2 is 1.86 bits per heavy atom. The van der Waals surface area contributed by atoms with E-state index in [1.165, 1.54) is 6.07 Å². The molecule has 0 unspecified atom stereocenters. The SMILES string of the molecule is CCCCOc1cc(OCc2ccccc2)ccc1C(=O)O. The van der Waals surface area contributed by atoms with Crippen molar-refractivity contribution in [1.82, 2.24) is 0 Å². The molecule has 2 rings (SSSR count).